The summed E-state index contributed by atoms with van der Waals surface area (Å²) in [5.74, 6) is -2.45. The number of nitro benzene ring substituents is 1. The largest absolute Gasteiger partial charge is 0.481 e. The first-order chi connectivity index (χ1) is 12.2. The number of halogens is 1. The minimum absolute atomic E-state index is 0. The third-order valence-corrected chi connectivity index (χ3v) is 3.59. The molecule has 0 saturated carbocycles. The first-order valence-electron chi connectivity index (χ1n) is 7.30. The van der Waals surface area contributed by atoms with Gasteiger partial charge in [-0.1, -0.05) is 0 Å². The lowest BCUT2D eigenvalue weighted by Crippen LogP contribution is -2.37. The summed E-state index contributed by atoms with van der Waals surface area (Å²) in [5, 5.41) is 31.4. The van der Waals surface area contributed by atoms with Crippen molar-refractivity contribution in [3.63, 3.8) is 0 Å². The number of aromatic amines is 2. The van der Waals surface area contributed by atoms with Crippen LogP contribution in [-0.2, 0) is 16.1 Å². The quantitative estimate of drug-likeness (QED) is 0.212. The highest BCUT2D eigenvalue weighted by molar-refractivity contribution is 8.93. The van der Waals surface area contributed by atoms with Gasteiger partial charge in [-0.05, 0) is 12.0 Å². The molecule has 5 N–H and O–H groups in total. The van der Waals surface area contributed by atoms with Crippen molar-refractivity contribution in [1.82, 2.24) is 15.3 Å². The van der Waals surface area contributed by atoms with Crippen molar-refractivity contribution in [3.8, 4) is 0 Å². The monoisotopic (exact) mass is 446 g/mol. The van der Waals surface area contributed by atoms with Crippen molar-refractivity contribution in [1.29, 1.82) is 0 Å². The smallest absolute Gasteiger partial charge is 0.320 e. The van der Waals surface area contributed by atoms with Crippen molar-refractivity contribution in [3.05, 3.63) is 48.5 Å². The molecular weight excluding hydrogens is 432 g/mol. The number of nitrogens with one attached hydrogen (secondary N) is 3. The van der Waals surface area contributed by atoms with E-state index >= 15 is 0 Å². The van der Waals surface area contributed by atoms with E-state index in [1.54, 1.807) is 0 Å². The molecular formula is C14H15BrN4O8. The lowest BCUT2D eigenvalue weighted by atomic mass is 10.1. The van der Waals surface area contributed by atoms with Crippen molar-refractivity contribution >= 4 is 45.6 Å². The number of hydrogen-bond donors (Lipinski definition) is 5. The molecule has 2 aromatic rings. The number of hydrogen-bond acceptors (Lipinski definition) is 7. The summed E-state index contributed by atoms with van der Waals surface area (Å²) < 4.78 is 0. The first-order valence-corrected chi connectivity index (χ1v) is 7.30. The lowest BCUT2D eigenvalue weighted by Gasteiger charge is -2.14. The van der Waals surface area contributed by atoms with Crippen molar-refractivity contribution in [2.75, 3.05) is 0 Å². The predicted molar refractivity (Wildman–Crippen MR) is 97.3 cm³/mol. The van der Waals surface area contributed by atoms with Gasteiger partial charge in [0.2, 0.25) is 0 Å². The van der Waals surface area contributed by atoms with Gasteiger partial charge in [-0.3, -0.25) is 29.3 Å². The van der Waals surface area contributed by atoms with Crippen molar-refractivity contribution in [2.45, 2.75) is 25.4 Å². The second-order valence-corrected chi connectivity index (χ2v) is 5.40. The highest BCUT2D eigenvalue weighted by Crippen LogP contribution is 2.21. The number of rotatable bonds is 8. The number of aromatic nitrogens is 2. The Bertz CT molecular complexity index is 999. The Hall–Kier alpha value is -3.06. The van der Waals surface area contributed by atoms with Gasteiger partial charge in [-0.15, -0.1) is 17.0 Å². The van der Waals surface area contributed by atoms with Crippen LogP contribution >= 0.6 is 17.0 Å². The van der Waals surface area contributed by atoms with Crippen LogP contribution in [0.4, 0.5) is 5.69 Å². The van der Waals surface area contributed by atoms with Gasteiger partial charge >= 0.3 is 23.1 Å². The highest BCUT2D eigenvalue weighted by Gasteiger charge is 2.20. The molecule has 0 saturated heterocycles. The zero-order chi connectivity index (χ0) is 19.4. The molecule has 2 rings (SSSR count). The average Bonchev–Trinajstić information content (AvgIpc) is 2.55. The second kappa shape index (κ2) is 9.05. The number of carbonyl (C=O) groups is 2. The number of fused-ring (bicyclic) bond motifs is 1. The number of non-ortho nitro benzene ring substituents is 1. The van der Waals surface area contributed by atoms with E-state index in [0.29, 0.717) is 0 Å². The fourth-order valence-electron chi connectivity index (χ4n) is 2.34. The lowest BCUT2D eigenvalue weighted by molar-refractivity contribution is -0.384. The normalized spacial score (nSPS) is 11.6. The van der Waals surface area contributed by atoms with Crippen LogP contribution in [0.15, 0.2) is 21.7 Å². The Morgan fingerprint density at radius 1 is 1.19 bits per heavy atom. The van der Waals surface area contributed by atoms with E-state index in [1.807, 2.05) is 0 Å². The minimum atomic E-state index is -1.29. The van der Waals surface area contributed by atoms with E-state index < -0.39 is 34.0 Å². The fraction of sp³-hybridized carbons (Fsp3) is 0.286. The zero-order valence-corrected chi connectivity index (χ0v) is 15.3. The van der Waals surface area contributed by atoms with E-state index in [9.17, 15) is 29.3 Å². The van der Waals surface area contributed by atoms with E-state index in [1.165, 1.54) is 0 Å². The first kappa shape index (κ1) is 22.0. The molecule has 0 radical (unpaired) electrons. The summed E-state index contributed by atoms with van der Waals surface area (Å²) in [6, 6.07) is 0.976. The molecule has 27 heavy (non-hydrogen) atoms. The molecule has 146 valence electrons. The Labute approximate surface area is 160 Å². The molecule has 0 unspecified atom stereocenters. The zero-order valence-electron chi connectivity index (χ0n) is 13.6. The summed E-state index contributed by atoms with van der Waals surface area (Å²) in [5.41, 5.74) is -2.03. The van der Waals surface area contributed by atoms with Gasteiger partial charge in [0.25, 0.3) is 5.69 Å². The molecule has 0 aliphatic carbocycles. The predicted octanol–water partition coefficient (Wildman–Crippen LogP) is 0.110. The van der Waals surface area contributed by atoms with Gasteiger partial charge in [-0.25, -0.2) is 0 Å². The topological polar surface area (TPSA) is 195 Å². The molecule has 0 amide bonds. The maximum Gasteiger partial charge on any atom is 0.320 e. The van der Waals surface area contributed by atoms with Gasteiger partial charge in [0.05, 0.1) is 16.0 Å². The number of H-pyrrole nitrogens is 2. The van der Waals surface area contributed by atoms with Crippen LogP contribution in [0.5, 0.6) is 0 Å². The summed E-state index contributed by atoms with van der Waals surface area (Å²) >= 11 is 0. The Morgan fingerprint density at radius 2 is 1.81 bits per heavy atom. The Morgan fingerprint density at radius 3 is 2.37 bits per heavy atom. The summed E-state index contributed by atoms with van der Waals surface area (Å²) in [7, 11) is 0. The molecule has 0 bridgehead atoms. The highest BCUT2D eigenvalue weighted by atomic mass is 79.9. The van der Waals surface area contributed by atoms with Crippen LogP contribution in [0.3, 0.4) is 0 Å². The number of aliphatic carboxylic acids is 2. The summed E-state index contributed by atoms with van der Waals surface area (Å²) in [4.78, 5) is 59.6. The van der Waals surface area contributed by atoms with E-state index in [2.05, 4.69) is 15.3 Å². The van der Waals surface area contributed by atoms with Gasteiger partial charge in [0.1, 0.15) is 6.04 Å². The van der Waals surface area contributed by atoms with Crippen LogP contribution in [0.2, 0.25) is 0 Å². The molecule has 1 heterocycles. The van der Waals surface area contributed by atoms with Gasteiger partial charge in [0.15, 0.2) is 0 Å². The maximum absolute atomic E-state index is 11.5. The van der Waals surface area contributed by atoms with Crippen LogP contribution in [0, 0.1) is 10.1 Å². The van der Waals surface area contributed by atoms with Crippen molar-refractivity contribution < 1.29 is 24.7 Å². The average molecular weight is 447 g/mol. The second-order valence-electron chi connectivity index (χ2n) is 5.40. The number of carboxylic acid groups (broad SMARTS) is 2. The van der Waals surface area contributed by atoms with Crippen molar-refractivity contribution in [2.24, 2.45) is 0 Å². The van der Waals surface area contributed by atoms with Gasteiger partial charge in [0, 0.05) is 25.1 Å². The molecule has 12 nitrogen and oxygen atoms in total. The number of nitro groups is 1. The number of carboxylic acids is 2. The minimum Gasteiger partial charge on any atom is -0.481 e. The number of nitrogens with zero attached hydrogens (tertiary/aromatic N) is 1. The Balaban J connectivity index is 0.00000364. The van der Waals surface area contributed by atoms with Gasteiger partial charge in [-0.2, -0.15) is 0 Å². The molecule has 0 aliphatic heterocycles. The van der Waals surface area contributed by atoms with Crippen LogP contribution in [-0.4, -0.2) is 43.1 Å². The van der Waals surface area contributed by atoms with Gasteiger partial charge < -0.3 is 25.5 Å². The van der Waals surface area contributed by atoms with Crippen LogP contribution < -0.4 is 16.4 Å². The van der Waals surface area contributed by atoms with Crippen LogP contribution in [0.25, 0.3) is 11.0 Å². The molecule has 0 spiro atoms. The SMILES string of the molecule is Br.O=C(O)CC[C@H](NCc1cc([N+](=O)[O-])cc2[nH]c(=O)c(=O)[nH]c12)C(=O)O. The molecule has 1 atom stereocenters. The Kier molecular flexibility index (Phi) is 7.36. The summed E-state index contributed by atoms with van der Waals surface area (Å²) in [6.45, 7) is -0.212. The third-order valence-electron chi connectivity index (χ3n) is 3.59. The summed E-state index contributed by atoms with van der Waals surface area (Å²) in [6.07, 6.45) is -0.589. The third kappa shape index (κ3) is 5.46. The molecule has 0 fully saturated rings. The molecule has 1 aromatic carbocycles. The maximum atomic E-state index is 11.5. The fourth-order valence-corrected chi connectivity index (χ4v) is 2.34. The number of benzene rings is 1. The van der Waals surface area contributed by atoms with E-state index in [-0.39, 0.29) is 58.7 Å². The standard InChI is InChI=1S/C14H14N4O8.BrH/c19-10(20)2-1-8(14(23)24)15-5-6-3-7(18(25)26)4-9-11(6)17-13(22)12(21)16-9;/h3-4,8,15H,1-2,5H2,(H,16,21)(H,17,22)(H,19,20)(H,23,24);1H/t8-;/m0./s1. The molecule has 13 heteroatoms. The van der Waals surface area contributed by atoms with Crippen LogP contribution in [0.1, 0.15) is 18.4 Å². The van der Waals surface area contributed by atoms with E-state index in [4.69, 9.17) is 10.2 Å². The van der Waals surface area contributed by atoms with E-state index in [0.717, 1.165) is 12.1 Å². The molecule has 0 aliphatic rings. The molecule has 1 aromatic heterocycles.